The SMILES string of the molecule is [C-]#[N+]c1cc(C#N)cc(-n2c3ccccc3c3cc(-c4cccc5c4c4ccccc4n5-c4ccccc4)ccc32)c1. The Hall–Kier alpha value is -6.10. The number of para-hydroxylation sites is 3. The zero-order valence-electron chi connectivity index (χ0n) is 22.5. The molecule has 0 saturated carbocycles. The van der Waals surface area contributed by atoms with E-state index in [-0.39, 0.29) is 0 Å². The molecule has 8 rings (SSSR count). The molecular formula is C38H22N4. The number of rotatable bonds is 3. The number of aromatic nitrogens is 2. The van der Waals surface area contributed by atoms with E-state index in [1.54, 1.807) is 6.07 Å². The fraction of sp³-hybridized carbons (Fsp3) is 0. The van der Waals surface area contributed by atoms with E-state index in [4.69, 9.17) is 6.57 Å². The van der Waals surface area contributed by atoms with Crippen LogP contribution in [-0.4, -0.2) is 9.13 Å². The molecule has 4 nitrogen and oxygen atoms in total. The summed E-state index contributed by atoms with van der Waals surface area (Å²) in [5, 5.41) is 14.3. The van der Waals surface area contributed by atoms with Crippen LogP contribution in [-0.2, 0) is 0 Å². The molecule has 2 heterocycles. The number of hydrogen-bond donors (Lipinski definition) is 0. The molecule has 0 aliphatic heterocycles. The van der Waals surface area contributed by atoms with Gasteiger partial charge < -0.3 is 9.13 Å². The Morgan fingerprint density at radius 3 is 2.00 bits per heavy atom. The van der Waals surface area contributed by atoms with Crippen molar-refractivity contribution in [1.82, 2.24) is 9.13 Å². The minimum absolute atomic E-state index is 0.452. The first-order valence-corrected chi connectivity index (χ1v) is 13.8. The average molecular weight is 535 g/mol. The number of fused-ring (bicyclic) bond motifs is 6. The van der Waals surface area contributed by atoms with Crippen molar-refractivity contribution in [3.8, 4) is 28.6 Å². The van der Waals surface area contributed by atoms with Gasteiger partial charge in [-0.2, -0.15) is 5.26 Å². The van der Waals surface area contributed by atoms with E-state index in [1.807, 2.05) is 24.3 Å². The highest BCUT2D eigenvalue weighted by molar-refractivity contribution is 6.17. The van der Waals surface area contributed by atoms with Crippen molar-refractivity contribution in [3.05, 3.63) is 150 Å². The molecule has 8 aromatic rings. The van der Waals surface area contributed by atoms with E-state index in [2.05, 4.69) is 123 Å². The highest BCUT2D eigenvalue weighted by Crippen LogP contribution is 2.41. The van der Waals surface area contributed by atoms with Crippen LogP contribution in [0.25, 0.3) is 71.0 Å². The van der Waals surface area contributed by atoms with E-state index < -0.39 is 0 Å². The molecule has 0 spiro atoms. The molecule has 0 N–H and O–H groups in total. The molecule has 0 radical (unpaired) electrons. The lowest BCUT2D eigenvalue weighted by Crippen LogP contribution is -1.94. The summed E-state index contributed by atoms with van der Waals surface area (Å²) in [6, 6.07) is 48.2. The van der Waals surface area contributed by atoms with Gasteiger partial charge in [-0.25, -0.2) is 4.85 Å². The van der Waals surface area contributed by atoms with Crippen LogP contribution in [0, 0.1) is 17.9 Å². The predicted molar refractivity (Wildman–Crippen MR) is 172 cm³/mol. The van der Waals surface area contributed by atoms with Gasteiger partial charge in [0.15, 0.2) is 5.69 Å². The van der Waals surface area contributed by atoms with Gasteiger partial charge in [0.05, 0.1) is 34.7 Å². The number of nitriles is 1. The molecule has 194 valence electrons. The molecular weight excluding hydrogens is 512 g/mol. The quantitative estimate of drug-likeness (QED) is 0.208. The molecule has 0 saturated heterocycles. The van der Waals surface area contributed by atoms with Crippen LogP contribution in [0.2, 0.25) is 0 Å². The molecule has 2 aromatic heterocycles. The summed E-state index contributed by atoms with van der Waals surface area (Å²) in [4.78, 5) is 3.62. The molecule has 0 aliphatic carbocycles. The first-order chi connectivity index (χ1) is 20.7. The van der Waals surface area contributed by atoms with Gasteiger partial charge in [0.1, 0.15) is 0 Å². The monoisotopic (exact) mass is 534 g/mol. The maximum Gasteiger partial charge on any atom is 0.190 e. The van der Waals surface area contributed by atoms with Gasteiger partial charge in [-0.3, -0.25) is 0 Å². The molecule has 42 heavy (non-hydrogen) atoms. The zero-order chi connectivity index (χ0) is 28.2. The van der Waals surface area contributed by atoms with Crippen molar-refractivity contribution < 1.29 is 0 Å². The number of nitrogens with zero attached hydrogens (tertiary/aromatic N) is 4. The number of hydrogen-bond acceptors (Lipinski definition) is 1. The van der Waals surface area contributed by atoms with E-state index in [1.165, 1.54) is 27.4 Å². The summed E-state index contributed by atoms with van der Waals surface area (Å²) < 4.78 is 4.50. The smallest absolute Gasteiger partial charge is 0.190 e. The summed E-state index contributed by atoms with van der Waals surface area (Å²) in [5.41, 5.74) is 9.61. The van der Waals surface area contributed by atoms with Crippen LogP contribution < -0.4 is 0 Å². The van der Waals surface area contributed by atoms with Gasteiger partial charge in [-0.05, 0) is 71.8 Å². The van der Waals surface area contributed by atoms with Crippen LogP contribution in [0.15, 0.2) is 133 Å². The van der Waals surface area contributed by atoms with E-state index in [0.29, 0.717) is 11.3 Å². The van der Waals surface area contributed by atoms with Gasteiger partial charge >= 0.3 is 0 Å². The Labute approximate surface area is 242 Å². The minimum Gasteiger partial charge on any atom is -0.310 e. The van der Waals surface area contributed by atoms with Gasteiger partial charge in [-0.15, -0.1) is 0 Å². The Morgan fingerprint density at radius 1 is 0.548 bits per heavy atom. The lowest BCUT2D eigenvalue weighted by molar-refractivity contribution is 1.18. The Kier molecular flexibility index (Phi) is 5.22. The average Bonchev–Trinajstić information content (AvgIpc) is 3.57. The lowest BCUT2D eigenvalue weighted by Gasteiger charge is -2.10. The highest BCUT2D eigenvalue weighted by Gasteiger charge is 2.18. The van der Waals surface area contributed by atoms with Crippen LogP contribution in [0.3, 0.4) is 0 Å². The Morgan fingerprint density at radius 2 is 1.21 bits per heavy atom. The lowest BCUT2D eigenvalue weighted by atomic mass is 9.98. The first kappa shape index (κ1) is 23.8. The second-order valence-electron chi connectivity index (χ2n) is 10.4. The second kappa shape index (κ2) is 9.24. The van der Waals surface area contributed by atoms with Gasteiger partial charge in [0.2, 0.25) is 0 Å². The maximum absolute atomic E-state index is 9.64. The van der Waals surface area contributed by atoms with E-state index >= 15 is 0 Å². The summed E-state index contributed by atoms with van der Waals surface area (Å²) in [7, 11) is 0. The highest BCUT2D eigenvalue weighted by atomic mass is 15.0. The van der Waals surface area contributed by atoms with Crippen LogP contribution in [0.5, 0.6) is 0 Å². The van der Waals surface area contributed by atoms with Crippen LogP contribution in [0.1, 0.15) is 5.56 Å². The topological polar surface area (TPSA) is 38.0 Å². The third kappa shape index (κ3) is 3.47. The molecule has 0 amide bonds. The zero-order valence-corrected chi connectivity index (χ0v) is 22.5. The molecule has 0 unspecified atom stereocenters. The third-order valence-corrected chi connectivity index (χ3v) is 8.11. The Balaban J connectivity index is 1.42. The van der Waals surface area contributed by atoms with Gasteiger partial charge in [-0.1, -0.05) is 72.8 Å². The second-order valence-corrected chi connectivity index (χ2v) is 10.4. The minimum atomic E-state index is 0.452. The fourth-order valence-corrected chi connectivity index (χ4v) is 6.39. The van der Waals surface area contributed by atoms with Crippen molar-refractivity contribution in [2.75, 3.05) is 0 Å². The molecule has 0 aliphatic rings. The first-order valence-electron chi connectivity index (χ1n) is 13.8. The van der Waals surface area contributed by atoms with Crippen molar-refractivity contribution in [1.29, 1.82) is 5.26 Å². The van der Waals surface area contributed by atoms with E-state index in [0.717, 1.165) is 38.7 Å². The van der Waals surface area contributed by atoms with Crippen molar-refractivity contribution in [2.24, 2.45) is 0 Å². The molecule has 0 bridgehead atoms. The third-order valence-electron chi connectivity index (χ3n) is 8.11. The molecule has 0 atom stereocenters. The van der Waals surface area contributed by atoms with Gasteiger partial charge in [0.25, 0.3) is 0 Å². The van der Waals surface area contributed by atoms with Gasteiger partial charge in [0, 0.05) is 38.5 Å². The standard InChI is InChI=1S/C38H22N4/c1-40-27-20-25(24-39)21-29(23-27)42-34-15-7-5-12-31(34)33-22-26(18-19-36(33)42)30-14-9-17-37-38(30)32-13-6-8-16-35(32)41(37)28-10-3-2-4-11-28/h2-23H. The summed E-state index contributed by atoms with van der Waals surface area (Å²) in [5.74, 6) is 0. The summed E-state index contributed by atoms with van der Waals surface area (Å²) in [6.07, 6.45) is 0. The van der Waals surface area contributed by atoms with Crippen molar-refractivity contribution in [3.63, 3.8) is 0 Å². The predicted octanol–water partition coefficient (Wildman–Crippen LogP) is 9.97. The molecule has 6 aromatic carbocycles. The van der Waals surface area contributed by atoms with Crippen LogP contribution >= 0.6 is 0 Å². The van der Waals surface area contributed by atoms with Crippen molar-refractivity contribution in [2.45, 2.75) is 0 Å². The normalized spacial score (nSPS) is 11.3. The van der Waals surface area contributed by atoms with E-state index in [9.17, 15) is 5.26 Å². The largest absolute Gasteiger partial charge is 0.310 e. The summed E-state index contributed by atoms with van der Waals surface area (Å²) >= 11 is 0. The van der Waals surface area contributed by atoms with Crippen LogP contribution in [0.4, 0.5) is 5.69 Å². The Bertz CT molecular complexity index is 2400. The number of benzene rings is 6. The summed E-state index contributed by atoms with van der Waals surface area (Å²) in [6.45, 7) is 7.57. The molecule has 0 fully saturated rings. The van der Waals surface area contributed by atoms with Crippen molar-refractivity contribution >= 4 is 49.3 Å². The fourth-order valence-electron chi connectivity index (χ4n) is 6.39. The maximum atomic E-state index is 9.64. The molecule has 4 heteroatoms.